The summed E-state index contributed by atoms with van der Waals surface area (Å²) in [4.78, 5) is 6.91. The van der Waals surface area contributed by atoms with Gasteiger partial charge in [0.1, 0.15) is 0 Å². The van der Waals surface area contributed by atoms with Gasteiger partial charge in [0.2, 0.25) is 0 Å². The first kappa shape index (κ1) is 14.1. The van der Waals surface area contributed by atoms with E-state index in [1.807, 2.05) is 24.4 Å². The third kappa shape index (κ3) is 3.10. The van der Waals surface area contributed by atoms with E-state index in [1.54, 1.807) is 0 Å². The average molecular weight is 284 g/mol. The number of nitrogens with two attached hydrogens (primary N) is 1. The fourth-order valence-corrected chi connectivity index (χ4v) is 3.11. The van der Waals surface area contributed by atoms with E-state index in [2.05, 4.69) is 28.2 Å². The number of anilines is 2. The van der Waals surface area contributed by atoms with Crippen LogP contribution in [0.2, 0.25) is 0 Å². The van der Waals surface area contributed by atoms with Gasteiger partial charge in [0.25, 0.3) is 0 Å². The molecule has 1 saturated heterocycles. The Morgan fingerprint density at radius 1 is 1.29 bits per heavy atom. The summed E-state index contributed by atoms with van der Waals surface area (Å²) in [5.41, 5.74) is 8.78. The van der Waals surface area contributed by atoms with Crippen LogP contribution in [0.1, 0.15) is 19.8 Å². The monoisotopic (exact) mass is 284 g/mol. The minimum atomic E-state index is 0.743. The third-order valence-corrected chi connectivity index (χ3v) is 4.54. The lowest BCUT2D eigenvalue weighted by molar-refractivity contribution is 0.198. The Labute approximate surface area is 126 Å². The van der Waals surface area contributed by atoms with Crippen LogP contribution in [-0.4, -0.2) is 36.1 Å². The molecule has 0 amide bonds. The molecule has 1 aromatic heterocycles. The van der Waals surface area contributed by atoms with Gasteiger partial charge in [-0.3, -0.25) is 4.98 Å². The molecule has 21 heavy (non-hydrogen) atoms. The minimum absolute atomic E-state index is 0.743. The standard InChI is InChI=1S/C17H24N4/c1-2-21-10-7-13(8-11-21)12-20-16-6-9-19-17-14(16)4-3-5-15(17)18/h3-6,9,13H,2,7-8,10-12,18H2,1H3,(H,19,20). The minimum Gasteiger partial charge on any atom is -0.397 e. The van der Waals surface area contributed by atoms with Crippen molar-refractivity contribution in [1.82, 2.24) is 9.88 Å². The van der Waals surface area contributed by atoms with Gasteiger partial charge in [0.05, 0.1) is 11.2 Å². The maximum atomic E-state index is 6.00. The fourth-order valence-electron chi connectivity index (χ4n) is 3.11. The maximum absolute atomic E-state index is 6.00. The number of pyridine rings is 1. The highest BCUT2D eigenvalue weighted by Gasteiger charge is 2.17. The van der Waals surface area contributed by atoms with Crippen LogP contribution < -0.4 is 11.1 Å². The van der Waals surface area contributed by atoms with Crippen molar-refractivity contribution in [2.24, 2.45) is 5.92 Å². The number of hydrogen-bond donors (Lipinski definition) is 2. The summed E-state index contributed by atoms with van der Waals surface area (Å²) in [7, 11) is 0. The molecule has 0 saturated carbocycles. The summed E-state index contributed by atoms with van der Waals surface area (Å²) in [5.74, 6) is 0.761. The van der Waals surface area contributed by atoms with Crippen molar-refractivity contribution in [2.75, 3.05) is 37.2 Å². The van der Waals surface area contributed by atoms with E-state index in [-0.39, 0.29) is 0 Å². The first-order chi connectivity index (χ1) is 10.3. The predicted molar refractivity (Wildman–Crippen MR) is 89.5 cm³/mol. The van der Waals surface area contributed by atoms with Crippen molar-refractivity contribution in [2.45, 2.75) is 19.8 Å². The van der Waals surface area contributed by atoms with Crippen LogP contribution in [0.15, 0.2) is 30.5 Å². The first-order valence-electron chi connectivity index (χ1n) is 7.87. The Bertz CT molecular complexity index is 603. The number of nitrogen functional groups attached to an aromatic ring is 1. The van der Waals surface area contributed by atoms with Crippen molar-refractivity contribution in [1.29, 1.82) is 0 Å². The molecule has 0 bridgehead atoms. The molecular formula is C17H24N4. The summed E-state index contributed by atoms with van der Waals surface area (Å²) in [6, 6.07) is 8.02. The zero-order valence-electron chi connectivity index (χ0n) is 12.7. The van der Waals surface area contributed by atoms with Gasteiger partial charge in [-0.05, 0) is 50.5 Å². The van der Waals surface area contributed by atoms with Crippen molar-refractivity contribution in [3.8, 4) is 0 Å². The number of aromatic nitrogens is 1. The Kier molecular flexibility index (Phi) is 4.25. The number of para-hydroxylation sites is 1. The quantitative estimate of drug-likeness (QED) is 0.848. The molecule has 1 aliphatic heterocycles. The molecule has 3 rings (SSSR count). The second-order valence-corrected chi connectivity index (χ2v) is 5.86. The van der Waals surface area contributed by atoms with Crippen molar-refractivity contribution < 1.29 is 0 Å². The van der Waals surface area contributed by atoms with Gasteiger partial charge in [0, 0.05) is 23.8 Å². The lowest BCUT2D eigenvalue weighted by Gasteiger charge is -2.31. The average Bonchev–Trinajstić information content (AvgIpc) is 2.54. The summed E-state index contributed by atoms with van der Waals surface area (Å²) < 4.78 is 0. The lowest BCUT2D eigenvalue weighted by atomic mass is 9.96. The van der Waals surface area contributed by atoms with Crippen LogP contribution >= 0.6 is 0 Å². The van der Waals surface area contributed by atoms with Crippen molar-refractivity contribution in [3.63, 3.8) is 0 Å². The number of nitrogens with one attached hydrogen (secondary N) is 1. The largest absolute Gasteiger partial charge is 0.397 e. The van der Waals surface area contributed by atoms with Crippen LogP contribution in [0.4, 0.5) is 11.4 Å². The Balaban J connectivity index is 1.67. The number of benzene rings is 1. The predicted octanol–water partition coefficient (Wildman–Crippen LogP) is 2.96. The molecule has 1 aromatic carbocycles. The first-order valence-corrected chi connectivity index (χ1v) is 7.87. The molecule has 4 heteroatoms. The summed E-state index contributed by atoms with van der Waals surface area (Å²) >= 11 is 0. The molecule has 1 fully saturated rings. The van der Waals surface area contributed by atoms with Crippen molar-refractivity contribution in [3.05, 3.63) is 30.5 Å². The highest BCUT2D eigenvalue weighted by atomic mass is 15.1. The number of fused-ring (bicyclic) bond motifs is 1. The zero-order valence-corrected chi connectivity index (χ0v) is 12.7. The number of nitrogens with zero attached hydrogens (tertiary/aromatic N) is 2. The van der Waals surface area contributed by atoms with Gasteiger partial charge in [-0.1, -0.05) is 19.1 Å². The normalized spacial score (nSPS) is 17.2. The van der Waals surface area contributed by atoms with E-state index >= 15 is 0 Å². The van der Waals surface area contributed by atoms with E-state index in [1.165, 1.54) is 32.5 Å². The third-order valence-electron chi connectivity index (χ3n) is 4.54. The second kappa shape index (κ2) is 6.31. The molecule has 2 aromatic rings. The van der Waals surface area contributed by atoms with Crippen LogP contribution in [0, 0.1) is 5.92 Å². The molecule has 2 heterocycles. The topological polar surface area (TPSA) is 54.2 Å². The summed E-state index contributed by atoms with van der Waals surface area (Å²) in [5, 5.41) is 4.72. The van der Waals surface area contributed by atoms with Crippen LogP contribution in [0.25, 0.3) is 10.9 Å². The molecule has 0 atom stereocenters. The molecular weight excluding hydrogens is 260 g/mol. The molecule has 3 N–H and O–H groups in total. The second-order valence-electron chi connectivity index (χ2n) is 5.86. The number of rotatable bonds is 4. The SMILES string of the molecule is CCN1CCC(CNc2ccnc3c(N)cccc23)CC1. The zero-order chi connectivity index (χ0) is 14.7. The molecule has 0 aliphatic carbocycles. The lowest BCUT2D eigenvalue weighted by Crippen LogP contribution is -2.35. The molecule has 112 valence electrons. The number of likely N-dealkylation sites (tertiary alicyclic amines) is 1. The van der Waals surface area contributed by atoms with E-state index in [0.717, 1.165) is 34.7 Å². The Morgan fingerprint density at radius 3 is 2.86 bits per heavy atom. The van der Waals surface area contributed by atoms with Crippen LogP contribution in [0.5, 0.6) is 0 Å². The van der Waals surface area contributed by atoms with E-state index in [9.17, 15) is 0 Å². The summed E-state index contributed by atoms with van der Waals surface area (Å²) in [6.45, 7) is 6.91. The van der Waals surface area contributed by atoms with Gasteiger partial charge in [-0.2, -0.15) is 0 Å². The Hall–Kier alpha value is -1.81. The number of hydrogen-bond acceptors (Lipinski definition) is 4. The molecule has 4 nitrogen and oxygen atoms in total. The van der Waals surface area contributed by atoms with Gasteiger partial charge in [-0.25, -0.2) is 0 Å². The van der Waals surface area contributed by atoms with E-state index < -0.39 is 0 Å². The Morgan fingerprint density at radius 2 is 2.10 bits per heavy atom. The van der Waals surface area contributed by atoms with Crippen LogP contribution in [0.3, 0.4) is 0 Å². The highest BCUT2D eigenvalue weighted by molar-refractivity contribution is 5.97. The highest BCUT2D eigenvalue weighted by Crippen LogP contribution is 2.26. The molecule has 0 spiro atoms. The van der Waals surface area contributed by atoms with Gasteiger partial charge >= 0.3 is 0 Å². The smallest absolute Gasteiger partial charge is 0.0951 e. The van der Waals surface area contributed by atoms with E-state index in [4.69, 9.17) is 5.73 Å². The van der Waals surface area contributed by atoms with Crippen LogP contribution in [-0.2, 0) is 0 Å². The van der Waals surface area contributed by atoms with Gasteiger partial charge in [-0.15, -0.1) is 0 Å². The summed E-state index contributed by atoms with van der Waals surface area (Å²) in [6.07, 6.45) is 4.40. The molecule has 0 radical (unpaired) electrons. The van der Waals surface area contributed by atoms with Gasteiger partial charge < -0.3 is 16.0 Å². The van der Waals surface area contributed by atoms with E-state index in [0.29, 0.717) is 0 Å². The molecule has 1 aliphatic rings. The van der Waals surface area contributed by atoms with Crippen molar-refractivity contribution >= 4 is 22.3 Å². The maximum Gasteiger partial charge on any atom is 0.0951 e. The number of piperidine rings is 1. The van der Waals surface area contributed by atoms with Gasteiger partial charge in [0.15, 0.2) is 0 Å². The fraction of sp³-hybridized carbons (Fsp3) is 0.471. The molecule has 0 unspecified atom stereocenters.